The van der Waals surface area contributed by atoms with Gasteiger partial charge in [0.15, 0.2) is 0 Å². The van der Waals surface area contributed by atoms with Gasteiger partial charge in [0.1, 0.15) is 0 Å². The van der Waals surface area contributed by atoms with E-state index in [2.05, 4.69) is 0 Å². The van der Waals surface area contributed by atoms with Crippen LogP contribution in [0.4, 0.5) is 11.4 Å². The minimum atomic E-state index is -0.158. The third-order valence-corrected chi connectivity index (χ3v) is 5.14. The minimum Gasteiger partial charge on any atom is -0.399 e. The van der Waals surface area contributed by atoms with Crippen LogP contribution in [0.15, 0.2) is 41.3 Å². The van der Waals surface area contributed by atoms with E-state index in [0.717, 1.165) is 16.3 Å². The summed E-state index contributed by atoms with van der Waals surface area (Å²) in [6, 6.07) is 10.7. The summed E-state index contributed by atoms with van der Waals surface area (Å²) >= 11 is 13.9. The lowest BCUT2D eigenvalue weighted by atomic mass is 10.1. The monoisotopic (exact) mass is 338 g/mol. The SMILES string of the molecule is Nc1ccc2c(c1)N(C(=O)c1cccc(Cl)c1Cl)CCS2. The number of carbonyl (C=O) groups excluding carboxylic acids is 1. The maximum Gasteiger partial charge on any atom is 0.259 e. The van der Waals surface area contributed by atoms with Gasteiger partial charge in [-0.25, -0.2) is 0 Å². The zero-order valence-electron chi connectivity index (χ0n) is 11.0. The van der Waals surface area contributed by atoms with E-state index in [9.17, 15) is 4.79 Å². The molecule has 0 fully saturated rings. The molecule has 21 heavy (non-hydrogen) atoms. The molecule has 0 aliphatic carbocycles. The number of amides is 1. The van der Waals surface area contributed by atoms with Gasteiger partial charge in [-0.15, -0.1) is 11.8 Å². The number of rotatable bonds is 1. The van der Waals surface area contributed by atoms with E-state index in [4.69, 9.17) is 28.9 Å². The Balaban J connectivity index is 2.04. The number of nitrogens with two attached hydrogens (primary N) is 1. The van der Waals surface area contributed by atoms with Gasteiger partial charge in [0.05, 0.1) is 21.3 Å². The molecule has 0 radical (unpaired) electrons. The van der Waals surface area contributed by atoms with Crippen molar-refractivity contribution >= 4 is 52.2 Å². The summed E-state index contributed by atoms with van der Waals surface area (Å²) in [7, 11) is 0. The summed E-state index contributed by atoms with van der Waals surface area (Å²) in [6.45, 7) is 0.614. The predicted octanol–water partition coefficient (Wildman–Crippen LogP) is 4.33. The second-order valence-electron chi connectivity index (χ2n) is 4.63. The Morgan fingerprint density at radius 1 is 1.24 bits per heavy atom. The second-order valence-corrected chi connectivity index (χ2v) is 6.56. The van der Waals surface area contributed by atoms with E-state index in [1.807, 2.05) is 18.2 Å². The van der Waals surface area contributed by atoms with Crippen LogP contribution in [0.1, 0.15) is 10.4 Å². The average Bonchev–Trinajstić information content (AvgIpc) is 2.48. The molecule has 1 amide bonds. The summed E-state index contributed by atoms with van der Waals surface area (Å²) in [6.07, 6.45) is 0. The lowest BCUT2D eigenvalue weighted by Crippen LogP contribution is -2.35. The number of hydrogen-bond donors (Lipinski definition) is 1. The molecular weight excluding hydrogens is 327 g/mol. The normalized spacial score (nSPS) is 13.9. The van der Waals surface area contributed by atoms with Crippen LogP contribution in [0, 0.1) is 0 Å². The Hall–Kier alpha value is -1.36. The zero-order chi connectivity index (χ0) is 15.0. The molecule has 0 aromatic heterocycles. The van der Waals surface area contributed by atoms with Crippen molar-refractivity contribution < 1.29 is 4.79 Å². The molecular formula is C15H12Cl2N2OS. The largest absolute Gasteiger partial charge is 0.399 e. The Morgan fingerprint density at radius 3 is 2.86 bits per heavy atom. The highest BCUT2D eigenvalue weighted by Gasteiger charge is 2.26. The van der Waals surface area contributed by atoms with Crippen molar-refractivity contribution in [3.05, 3.63) is 52.0 Å². The van der Waals surface area contributed by atoms with E-state index >= 15 is 0 Å². The molecule has 3 rings (SSSR count). The molecule has 0 atom stereocenters. The number of nitrogens with zero attached hydrogens (tertiary/aromatic N) is 1. The van der Waals surface area contributed by atoms with Crippen LogP contribution < -0.4 is 10.6 Å². The smallest absolute Gasteiger partial charge is 0.259 e. The number of halogens is 2. The van der Waals surface area contributed by atoms with Gasteiger partial charge < -0.3 is 10.6 Å². The lowest BCUT2D eigenvalue weighted by molar-refractivity contribution is 0.0988. The molecule has 2 aromatic rings. The summed E-state index contributed by atoms with van der Waals surface area (Å²) in [5.74, 6) is 0.676. The van der Waals surface area contributed by atoms with Gasteiger partial charge in [-0.2, -0.15) is 0 Å². The number of hydrogen-bond acceptors (Lipinski definition) is 3. The van der Waals surface area contributed by atoms with E-state index in [1.54, 1.807) is 34.9 Å². The Kier molecular flexibility index (Phi) is 4.02. The maximum atomic E-state index is 12.8. The standard InChI is InChI=1S/C15H12Cl2N2OS/c16-11-3-1-2-10(14(11)17)15(20)19-6-7-21-13-5-4-9(18)8-12(13)19/h1-5,8H,6-7,18H2. The highest BCUT2D eigenvalue weighted by Crippen LogP contribution is 2.37. The molecule has 2 aromatic carbocycles. The third kappa shape index (κ3) is 2.71. The Labute approximate surface area is 137 Å². The van der Waals surface area contributed by atoms with Crippen LogP contribution in [0.5, 0.6) is 0 Å². The van der Waals surface area contributed by atoms with Gasteiger partial charge in [0.2, 0.25) is 0 Å². The van der Waals surface area contributed by atoms with Crippen molar-refractivity contribution in [2.75, 3.05) is 22.9 Å². The number of nitrogen functional groups attached to an aromatic ring is 1. The van der Waals surface area contributed by atoms with Gasteiger partial charge in [-0.1, -0.05) is 29.3 Å². The van der Waals surface area contributed by atoms with Gasteiger partial charge in [-0.05, 0) is 30.3 Å². The van der Waals surface area contributed by atoms with Crippen molar-refractivity contribution in [1.82, 2.24) is 0 Å². The second kappa shape index (κ2) is 5.79. The summed E-state index contributed by atoms with van der Waals surface area (Å²) in [5, 5.41) is 0.662. The lowest BCUT2D eigenvalue weighted by Gasteiger charge is -2.29. The van der Waals surface area contributed by atoms with Crippen molar-refractivity contribution in [3.8, 4) is 0 Å². The first-order valence-corrected chi connectivity index (χ1v) is 8.10. The first-order valence-electron chi connectivity index (χ1n) is 6.36. The van der Waals surface area contributed by atoms with Gasteiger partial charge in [0.25, 0.3) is 5.91 Å². The fraction of sp³-hybridized carbons (Fsp3) is 0.133. The predicted molar refractivity (Wildman–Crippen MR) is 89.7 cm³/mol. The van der Waals surface area contributed by atoms with E-state index in [1.165, 1.54) is 0 Å². The molecule has 0 unspecified atom stereocenters. The molecule has 6 heteroatoms. The number of fused-ring (bicyclic) bond motifs is 1. The van der Waals surface area contributed by atoms with E-state index in [0.29, 0.717) is 22.8 Å². The summed E-state index contributed by atoms with van der Waals surface area (Å²) in [5.41, 5.74) is 7.71. The quantitative estimate of drug-likeness (QED) is 0.787. The van der Waals surface area contributed by atoms with Crippen LogP contribution in [0.3, 0.4) is 0 Å². The van der Waals surface area contributed by atoms with Crippen LogP contribution in [-0.4, -0.2) is 18.2 Å². The Morgan fingerprint density at radius 2 is 2.05 bits per heavy atom. The molecule has 108 valence electrons. The molecule has 0 saturated heterocycles. The molecule has 2 N–H and O–H groups in total. The maximum absolute atomic E-state index is 12.8. The Bertz CT molecular complexity index is 721. The van der Waals surface area contributed by atoms with E-state index in [-0.39, 0.29) is 10.9 Å². The first-order chi connectivity index (χ1) is 10.1. The summed E-state index contributed by atoms with van der Waals surface area (Å²) < 4.78 is 0. The van der Waals surface area contributed by atoms with Crippen molar-refractivity contribution in [2.24, 2.45) is 0 Å². The van der Waals surface area contributed by atoms with Crippen LogP contribution in [-0.2, 0) is 0 Å². The molecule has 3 nitrogen and oxygen atoms in total. The molecule has 0 spiro atoms. The topological polar surface area (TPSA) is 46.3 Å². The van der Waals surface area contributed by atoms with Gasteiger partial charge in [-0.3, -0.25) is 4.79 Å². The van der Waals surface area contributed by atoms with Crippen LogP contribution in [0.25, 0.3) is 0 Å². The van der Waals surface area contributed by atoms with Crippen molar-refractivity contribution in [2.45, 2.75) is 4.90 Å². The fourth-order valence-corrected chi connectivity index (χ4v) is 3.62. The first kappa shape index (κ1) is 14.6. The molecule has 1 aliphatic heterocycles. The zero-order valence-corrected chi connectivity index (χ0v) is 13.3. The number of thioether (sulfide) groups is 1. The molecule has 1 heterocycles. The third-order valence-electron chi connectivity index (χ3n) is 3.27. The van der Waals surface area contributed by atoms with E-state index < -0.39 is 0 Å². The van der Waals surface area contributed by atoms with Crippen LogP contribution in [0.2, 0.25) is 10.0 Å². The number of anilines is 2. The number of benzene rings is 2. The average molecular weight is 339 g/mol. The molecule has 0 bridgehead atoms. The van der Waals surface area contributed by atoms with Gasteiger partial charge in [0, 0.05) is 22.9 Å². The fourth-order valence-electron chi connectivity index (χ4n) is 2.26. The van der Waals surface area contributed by atoms with Crippen molar-refractivity contribution in [3.63, 3.8) is 0 Å². The molecule has 1 aliphatic rings. The highest BCUT2D eigenvalue weighted by atomic mass is 35.5. The van der Waals surface area contributed by atoms with Crippen LogP contribution >= 0.6 is 35.0 Å². The number of carbonyl (C=O) groups is 1. The van der Waals surface area contributed by atoms with Crippen molar-refractivity contribution in [1.29, 1.82) is 0 Å². The molecule has 0 saturated carbocycles. The van der Waals surface area contributed by atoms with Gasteiger partial charge >= 0.3 is 0 Å². The minimum absolute atomic E-state index is 0.158. The summed E-state index contributed by atoms with van der Waals surface area (Å²) in [4.78, 5) is 15.5. The highest BCUT2D eigenvalue weighted by molar-refractivity contribution is 7.99.